The third-order valence-electron chi connectivity index (χ3n) is 5.08. The van der Waals surface area contributed by atoms with Crippen molar-refractivity contribution in [2.45, 2.75) is 18.6 Å². The van der Waals surface area contributed by atoms with E-state index in [9.17, 15) is 4.79 Å². The number of anilines is 1. The summed E-state index contributed by atoms with van der Waals surface area (Å²) in [7, 11) is 1.52. The Balaban J connectivity index is 1.78. The summed E-state index contributed by atoms with van der Waals surface area (Å²) >= 11 is 6.04. The van der Waals surface area contributed by atoms with Gasteiger partial charge in [0.2, 0.25) is 0 Å². The first kappa shape index (κ1) is 18.2. The van der Waals surface area contributed by atoms with Gasteiger partial charge in [0.15, 0.2) is 0 Å². The van der Waals surface area contributed by atoms with E-state index in [4.69, 9.17) is 21.1 Å². The maximum Gasteiger partial charge on any atom is 0.253 e. The molecule has 2 fully saturated rings. The molecule has 2 unspecified atom stereocenters. The standard InChI is InChI=1S/C20H20ClFN2O3/c1-26-18-8-14(12-3-2-4-13(21)7-12)15(22)9-17(18)24-16-5-6-23-10-19(16)27-11-20(24)25/h2-4,7-9,16,19,23H,5-6,10-11H2,1H3. The molecule has 0 aromatic heterocycles. The quantitative estimate of drug-likeness (QED) is 0.874. The maximum atomic E-state index is 15.0. The number of morpholine rings is 1. The number of ether oxygens (including phenoxy) is 2. The molecule has 0 saturated carbocycles. The average Bonchev–Trinajstić information content (AvgIpc) is 2.68. The second kappa shape index (κ2) is 7.46. The number of hydrogen-bond acceptors (Lipinski definition) is 4. The van der Waals surface area contributed by atoms with E-state index in [0.717, 1.165) is 13.0 Å². The number of carbonyl (C=O) groups is 1. The lowest BCUT2D eigenvalue weighted by Gasteiger charge is -2.44. The van der Waals surface area contributed by atoms with Crippen LogP contribution in [0.5, 0.6) is 5.75 Å². The van der Waals surface area contributed by atoms with Gasteiger partial charge in [-0.2, -0.15) is 0 Å². The number of fused-ring (bicyclic) bond motifs is 1. The minimum Gasteiger partial charge on any atom is -0.495 e. The van der Waals surface area contributed by atoms with Gasteiger partial charge in [-0.25, -0.2) is 4.39 Å². The average molecular weight is 391 g/mol. The molecule has 1 N–H and O–H groups in total. The lowest BCUT2D eigenvalue weighted by Crippen LogP contribution is -2.61. The first-order chi connectivity index (χ1) is 13.1. The molecule has 142 valence electrons. The van der Waals surface area contributed by atoms with Gasteiger partial charge in [-0.1, -0.05) is 23.7 Å². The number of nitrogens with one attached hydrogen (secondary N) is 1. The number of hydrogen-bond donors (Lipinski definition) is 1. The highest BCUT2D eigenvalue weighted by Gasteiger charge is 2.40. The normalized spacial score (nSPS) is 22.5. The van der Waals surface area contributed by atoms with Crippen LogP contribution in [-0.4, -0.2) is 44.9 Å². The molecule has 0 radical (unpaired) electrons. The van der Waals surface area contributed by atoms with Crippen LogP contribution in [0.15, 0.2) is 36.4 Å². The van der Waals surface area contributed by atoms with Crippen molar-refractivity contribution in [3.05, 3.63) is 47.2 Å². The minimum absolute atomic E-state index is 0.0241. The summed E-state index contributed by atoms with van der Waals surface area (Å²) in [5.41, 5.74) is 1.46. The highest BCUT2D eigenvalue weighted by molar-refractivity contribution is 6.30. The van der Waals surface area contributed by atoms with E-state index in [2.05, 4.69) is 5.32 Å². The molecule has 0 spiro atoms. The van der Waals surface area contributed by atoms with Crippen LogP contribution in [0.4, 0.5) is 10.1 Å². The second-order valence-electron chi connectivity index (χ2n) is 6.69. The predicted octanol–water partition coefficient (Wildman–Crippen LogP) is 3.25. The molecular formula is C20H20ClFN2O3. The van der Waals surface area contributed by atoms with E-state index in [0.29, 0.717) is 34.1 Å². The van der Waals surface area contributed by atoms with Gasteiger partial charge in [-0.3, -0.25) is 4.79 Å². The fraction of sp³-hybridized carbons (Fsp3) is 0.350. The van der Waals surface area contributed by atoms with Gasteiger partial charge in [0, 0.05) is 23.2 Å². The zero-order valence-corrected chi connectivity index (χ0v) is 15.6. The number of halogens is 2. The van der Waals surface area contributed by atoms with Crippen molar-refractivity contribution in [3.63, 3.8) is 0 Å². The van der Waals surface area contributed by atoms with Crippen LogP contribution >= 0.6 is 11.6 Å². The van der Waals surface area contributed by atoms with Crippen molar-refractivity contribution >= 4 is 23.2 Å². The number of piperidine rings is 1. The summed E-state index contributed by atoms with van der Waals surface area (Å²) in [5.74, 6) is -0.178. The van der Waals surface area contributed by atoms with Crippen molar-refractivity contribution in [2.75, 3.05) is 31.7 Å². The Morgan fingerprint density at radius 3 is 2.96 bits per heavy atom. The fourth-order valence-corrected chi connectivity index (χ4v) is 3.99. The van der Waals surface area contributed by atoms with Gasteiger partial charge >= 0.3 is 0 Å². The van der Waals surface area contributed by atoms with E-state index in [1.165, 1.54) is 13.2 Å². The molecule has 4 rings (SSSR count). The molecule has 0 aliphatic carbocycles. The number of nitrogens with zero attached hydrogens (tertiary/aromatic N) is 1. The maximum absolute atomic E-state index is 15.0. The molecule has 7 heteroatoms. The molecule has 2 atom stereocenters. The smallest absolute Gasteiger partial charge is 0.253 e. The number of benzene rings is 2. The van der Waals surface area contributed by atoms with E-state index in [1.807, 2.05) is 0 Å². The van der Waals surface area contributed by atoms with Gasteiger partial charge in [0.1, 0.15) is 18.2 Å². The molecule has 2 aromatic rings. The molecular weight excluding hydrogens is 371 g/mol. The highest BCUT2D eigenvalue weighted by atomic mass is 35.5. The number of rotatable bonds is 3. The molecule has 27 heavy (non-hydrogen) atoms. The second-order valence-corrected chi connectivity index (χ2v) is 7.12. The van der Waals surface area contributed by atoms with Crippen LogP contribution in [0.25, 0.3) is 11.1 Å². The number of carbonyl (C=O) groups excluding carboxylic acids is 1. The predicted molar refractivity (Wildman–Crippen MR) is 102 cm³/mol. The zero-order valence-electron chi connectivity index (χ0n) is 14.9. The number of methoxy groups -OCH3 is 1. The van der Waals surface area contributed by atoms with Crippen molar-refractivity contribution in [1.82, 2.24) is 5.32 Å². The first-order valence-corrected chi connectivity index (χ1v) is 9.24. The lowest BCUT2D eigenvalue weighted by atomic mass is 9.97. The Morgan fingerprint density at radius 1 is 1.33 bits per heavy atom. The Bertz CT molecular complexity index is 876. The van der Waals surface area contributed by atoms with E-state index < -0.39 is 5.82 Å². The monoisotopic (exact) mass is 390 g/mol. The van der Waals surface area contributed by atoms with Gasteiger partial charge < -0.3 is 19.7 Å². The Labute approximate surface area is 162 Å². The first-order valence-electron chi connectivity index (χ1n) is 8.86. The molecule has 5 nitrogen and oxygen atoms in total. The topological polar surface area (TPSA) is 50.8 Å². The van der Waals surface area contributed by atoms with Gasteiger partial charge in [-0.15, -0.1) is 0 Å². The van der Waals surface area contributed by atoms with Crippen LogP contribution in [0.1, 0.15) is 6.42 Å². The molecule has 0 bridgehead atoms. The molecule has 2 heterocycles. The van der Waals surface area contributed by atoms with Crippen LogP contribution in [0.3, 0.4) is 0 Å². The molecule has 1 amide bonds. The van der Waals surface area contributed by atoms with Crippen LogP contribution in [0.2, 0.25) is 5.02 Å². The van der Waals surface area contributed by atoms with Crippen LogP contribution in [0, 0.1) is 5.82 Å². The van der Waals surface area contributed by atoms with Crippen molar-refractivity contribution in [2.24, 2.45) is 0 Å². The van der Waals surface area contributed by atoms with Gasteiger partial charge in [-0.05, 0) is 36.7 Å². The summed E-state index contributed by atoms with van der Waals surface area (Å²) in [6.07, 6.45) is 0.619. The van der Waals surface area contributed by atoms with Crippen LogP contribution < -0.4 is 15.0 Å². The van der Waals surface area contributed by atoms with E-state index >= 15 is 4.39 Å². The van der Waals surface area contributed by atoms with Gasteiger partial charge in [0.05, 0.1) is 24.9 Å². The Kier molecular flexibility index (Phi) is 5.04. The number of amides is 1. The third-order valence-corrected chi connectivity index (χ3v) is 5.31. The van der Waals surface area contributed by atoms with Crippen molar-refractivity contribution < 1.29 is 18.7 Å². The van der Waals surface area contributed by atoms with Crippen LogP contribution in [-0.2, 0) is 9.53 Å². The highest BCUT2D eigenvalue weighted by Crippen LogP contribution is 2.39. The molecule has 2 saturated heterocycles. The zero-order chi connectivity index (χ0) is 19.0. The molecule has 2 aliphatic rings. The third kappa shape index (κ3) is 3.40. The summed E-state index contributed by atoms with van der Waals surface area (Å²) < 4.78 is 26.2. The summed E-state index contributed by atoms with van der Waals surface area (Å²) in [5, 5.41) is 3.79. The van der Waals surface area contributed by atoms with E-state index in [1.54, 1.807) is 35.2 Å². The summed E-state index contributed by atoms with van der Waals surface area (Å²) in [6.45, 7) is 1.42. The molecule has 2 aliphatic heterocycles. The Hall–Kier alpha value is -2.15. The molecule has 2 aromatic carbocycles. The Morgan fingerprint density at radius 2 is 2.19 bits per heavy atom. The summed E-state index contributed by atoms with van der Waals surface area (Å²) in [6, 6.07) is 9.83. The summed E-state index contributed by atoms with van der Waals surface area (Å²) in [4.78, 5) is 14.3. The minimum atomic E-state index is -0.433. The SMILES string of the molecule is COc1cc(-c2cccc(Cl)c2)c(F)cc1N1C(=O)COC2CNCCC21. The van der Waals surface area contributed by atoms with Gasteiger partial charge in [0.25, 0.3) is 5.91 Å². The van der Waals surface area contributed by atoms with Crippen molar-refractivity contribution in [3.8, 4) is 16.9 Å². The largest absolute Gasteiger partial charge is 0.495 e. The fourth-order valence-electron chi connectivity index (χ4n) is 3.80. The van der Waals surface area contributed by atoms with E-state index in [-0.39, 0.29) is 24.7 Å². The lowest BCUT2D eigenvalue weighted by molar-refractivity contribution is -0.133. The van der Waals surface area contributed by atoms with Crippen molar-refractivity contribution in [1.29, 1.82) is 0 Å².